The van der Waals surface area contributed by atoms with E-state index in [0.29, 0.717) is 50.9 Å². The molecule has 1 aliphatic heterocycles. The lowest BCUT2D eigenvalue weighted by atomic mass is 9.95. The number of carbonyl (C=O) groups is 4. The first-order valence-corrected chi connectivity index (χ1v) is 21.7. The van der Waals surface area contributed by atoms with Crippen LogP contribution in [-0.4, -0.2) is 93.5 Å². The fourth-order valence-electron chi connectivity index (χ4n) is 7.95. The maximum absolute atomic E-state index is 14.2. The third kappa shape index (κ3) is 11.6. The fourth-order valence-corrected chi connectivity index (χ4v) is 7.95. The predicted molar refractivity (Wildman–Crippen MR) is 242 cm³/mol. The number of nitrogens with one attached hydrogen (secondary N) is 4. The number of hydrogen-bond donors (Lipinski definition) is 4. The summed E-state index contributed by atoms with van der Waals surface area (Å²) in [5.74, 6) is 1.05. The van der Waals surface area contributed by atoms with Crippen LogP contribution in [0, 0.1) is 5.92 Å². The number of aromatic nitrogens is 4. The van der Waals surface area contributed by atoms with E-state index in [1.54, 1.807) is 22.2 Å². The highest BCUT2D eigenvalue weighted by Gasteiger charge is 2.29. The minimum atomic E-state index is -0.800. The maximum Gasteiger partial charge on any atom is 0.407 e. The molecule has 0 unspecified atom stereocenters. The molecule has 7 rings (SSSR count). The molecule has 14 heteroatoms. The van der Waals surface area contributed by atoms with E-state index in [1.807, 2.05) is 44.2 Å². The summed E-state index contributed by atoms with van der Waals surface area (Å²) in [7, 11) is 1.26. The highest BCUT2D eigenvalue weighted by Crippen LogP contribution is 2.30. The molecule has 6 aromatic rings. The van der Waals surface area contributed by atoms with Crippen molar-refractivity contribution in [3.05, 3.63) is 121 Å². The van der Waals surface area contributed by atoms with Crippen molar-refractivity contribution < 1.29 is 28.7 Å². The van der Waals surface area contributed by atoms with E-state index in [9.17, 15) is 19.2 Å². The number of H-pyrrole nitrogens is 2. The molecule has 1 atom stereocenters. The van der Waals surface area contributed by atoms with Crippen LogP contribution in [0.3, 0.4) is 0 Å². The van der Waals surface area contributed by atoms with Gasteiger partial charge in [0.15, 0.2) is 0 Å². The number of nitrogens with zero attached hydrogens (tertiary/aromatic N) is 4. The van der Waals surface area contributed by atoms with Crippen LogP contribution < -0.4 is 10.6 Å². The van der Waals surface area contributed by atoms with Crippen LogP contribution in [0.2, 0.25) is 0 Å². The summed E-state index contributed by atoms with van der Waals surface area (Å²) in [4.78, 5) is 71.1. The van der Waals surface area contributed by atoms with Crippen LogP contribution in [0.4, 0.5) is 4.79 Å². The molecule has 4 N–H and O–H groups in total. The third-order valence-corrected chi connectivity index (χ3v) is 11.3. The lowest BCUT2D eigenvalue weighted by Crippen LogP contribution is -2.43. The maximum atomic E-state index is 14.2. The average Bonchev–Trinajstić information content (AvgIpc) is 4.00. The number of rotatable bonds is 18. The van der Waals surface area contributed by atoms with Crippen molar-refractivity contribution in [2.75, 3.05) is 40.0 Å². The van der Waals surface area contributed by atoms with Crippen LogP contribution in [0.15, 0.2) is 103 Å². The normalized spacial score (nSPS) is 13.3. The van der Waals surface area contributed by atoms with Gasteiger partial charge in [-0.25, -0.2) is 14.8 Å². The second-order valence-electron chi connectivity index (χ2n) is 15.9. The number of aromatic amines is 2. The molecule has 4 amide bonds. The summed E-state index contributed by atoms with van der Waals surface area (Å²) in [5, 5.41) is 7.69. The number of methoxy groups -OCH3 is 1. The summed E-state index contributed by atoms with van der Waals surface area (Å²) >= 11 is 0. The quantitative estimate of drug-likeness (QED) is 0.0678. The number of imidazole rings is 2. The van der Waals surface area contributed by atoms with Gasteiger partial charge in [0.05, 0.1) is 44.0 Å². The monoisotopic (exact) mass is 852 g/mol. The Balaban J connectivity index is 0.993. The molecule has 3 heterocycles. The Morgan fingerprint density at radius 1 is 0.746 bits per heavy atom. The zero-order valence-corrected chi connectivity index (χ0v) is 36.2. The minimum Gasteiger partial charge on any atom is -0.453 e. The summed E-state index contributed by atoms with van der Waals surface area (Å²) in [6.45, 7) is 6.82. The van der Waals surface area contributed by atoms with Crippen molar-refractivity contribution in [1.29, 1.82) is 0 Å². The Labute approximate surface area is 367 Å². The van der Waals surface area contributed by atoms with Crippen LogP contribution in [0.1, 0.15) is 69.2 Å². The molecule has 0 aliphatic carbocycles. The number of ether oxygens (including phenoxy) is 2. The minimum absolute atomic E-state index is 0.126. The fraction of sp³-hybridized carbons (Fsp3) is 0.347. The van der Waals surface area contributed by atoms with Gasteiger partial charge in [-0.2, -0.15) is 0 Å². The number of hydrogen-bond acceptors (Lipinski definition) is 8. The third-order valence-electron chi connectivity index (χ3n) is 11.3. The molecule has 14 nitrogen and oxygen atoms in total. The van der Waals surface area contributed by atoms with Gasteiger partial charge in [-0.3, -0.25) is 14.4 Å². The molecule has 63 heavy (non-hydrogen) atoms. The van der Waals surface area contributed by atoms with E-state index in [-0.39, 0.29) is 36.7 Å². The number of benzene rings is 4. The Morgan fingerprint density at radius 2 is 1.32 bits per heavy atom. The first kappa shape index (κ1) is 44.3. The zero-order valence-electron chi connectivity index (χ0n) is 36.2. The van der Waals surface area contributed by atoms with Crippen LogP contribution in [0.5, 0.6) is 0 Å². The molecule has 0 radical (unpaired) electrons. The van der Waals surface area contributed by atoms with Crippen LogP contribution >= 0.6 is 0 Å². The molecule has 1 saturated heterocycles. The molecule has 0 spiro atoms. The van der Waals surface area contributed by atoms with Gasteiger partial charge >= 0.3 is 6.09 Å². The molecule has 1 fully saturated rings. The molecule has 4 aromatic carbocycles. The number of alkyl carbamates (subject to hydrolysis) is 1. The second kappa shape index (κ2) is 21.3. The van der Waals surface area contributed by atoms with Crippen LogP contribution in [0.25, 0.3) is 44.4 Å². The van der Waals surface area contributed by atoms with Crippen LogP contribution in [-0.2, 0) is 36.9 Å². The second-order valence-corrected chi connectivity index (χ2v) is 15.9. The average molecular weight is 853 g/mol. The molecule has 1 aliphatic rings. The lowest BCUT2D eigenvalue weighted by molar-refractivity contribution is -0.137. The van der Waals surface area contributed by atoms with Crippen molar-refractivity contribution in [1.82, 2.24) is 40.4 Å². The van der Waals surface area contributed by atoms with Gasteiger partial charge in [-0.15, -0.1) is 0 Å². The Kier molecular flexibility index (Phi) is 15.0. The van der Waals surface area contributed by atoms with E-state index in [4.69, 9.17) is 4.74 Å². The number of carbonyl (C=O) groups excluding carboxylic acids is 4. The van der Waals surface area contributed by atoms with E-state index in [1.165, 1.54) is 7.11 Å². The van der Waals surface area contributed by atoms with Gasteiger partial charge in [-0.1, -0.05) is 92.7 Å². The van der Waals surface area contributed by atoms with Crippen molar-refractivity contribution >= 4 is 34.6 Å². The van der Waals surface area contributed by atoms with Gasteiger partial charge < -0.3 is 39.9 Å². The zero-order chi connectivity index (χ0) is 44.1. The Morgan fingerprint density at radius 3 is 1.97 bits per heavy atom. The highest BCUT2D eigenvalue weighted by atomic mass is 16.5. The van der Waals surface area contributed by atoms with E-state index in [2.05, 4.69) is 96.0 Å². The molecule has 0 saturated carbocycles. The summed E-state index contributed by atoms with van der Waals surface area (Å²) < 4.78 is 10.1. The SMILES string of the molecule is CCCN(Cc1ncc(-c2ccc3cc(-c4ccc(-c5cnc(CN(CCC)C(=O)[C@H](NC(=O)CC6CCOCC6)c6ccccc6)[nH]5)cc4)ccc3c2)[nH]1)C(=O)CNC(=O)OC. The smallest absolute Gasteiger partial charge is 0.407 e. The van der Waals surface area contributed by atoms with Gasteiger partial charge in [0.2, 0.25) is 17.7 Å². The standard InChI is InChI=1S/C49H56N8O6/c1-4-21-56(46(59)30-52-49(61)62-3)31-43-51-29-42(54-43)40-18-17-38-26-37(15-16-39(38)27-40)34-11-13-35(14-12-34)41-28-50-44(53-41)32-57(22-5-2)48(60)47(36-9-7-6-8-10-36)55-45(58)25-33-19-23-63-24-20-33/h6-18,26-29,33,47H,4-5,19-25,30-32H2,1-3H3,(H,50,53)(H,51,54)(H,52,61)(H,55,58)/t47-/m1/s1. The van der Waals surface area contributed by atoms with E-state index >= 15 is 0 Å². The van der Waals surface area contributed by atoms with E-state index in [0.717, 1.165) is 75.7 Å². The molecule has 328 valence electrons. The van der Waals surface area contributed by atoms with Crippen molar-refractivity contribution in [3.8, 4) is 33.6 Å². The van der Waals surface area contributed by atoms with Crippen molar-refractivity contribution in [3.63, 3.8) is 0 Å². The van der Waals surface area contributed by atoms with E-state index < -0.39 is 12.1 Å². The van der Waals surface area contributed by atoms with Gasteiger partial charge in [0, 0.05) is 38.3 Å². The number of amides is 4. The van der Waals surface area contributed by atoms with Gasteiger partial charge in [-0.05, 0) is 76.8 Å². The van der Waals surface area contributed by atoms with Gasteiger partial charge in [0.1, 0.15) is 24.2 Å². The van der Waals surface area contributed by atoms with Gasteiger partial charge in [0.25, 0.3) is 0 Å². The Bertz CT molecular complexity index is 2480. The topological polar surface area (TPSA) is 175 Å². The first-order chi connectivity index (χ1) is 30.7. The molecular weight excluding hydrogens is 797 g/mol. The highest BCUT2D eigenvalue weighted by molar-refractivity contribution is 5.91. The lowest BCUT2D eigenvalue weighted by Gasteiger charge is -2.28. The molecule has 0 bridgehead atoms. The van der Waals surface area contributed by atoms with Crippen molar-refractivity contribution in [2.45, 2.75) is 65.1 Å². The predicted octanol–water partition coefficient (Wildman–Crippen LogP) is 7.79. The summed E-state index contributed by atoms with van der Waals surface area (Å²) in [5.41, 5.74) is 6.54. The molecular formula is C49H56N8O6. The Hall–Kier alpha value is -6.80. The largest absolute Gasteiger partial charge is 0.453 e. The summed E-state index contributed by atoms with van der Waals surface area (Å²) in [6, 6.07) is 29.6. The summed E-state index contributed by atoms with van der Waals surface area (Å²) in [6.07, 6.45) is 6.50. The van der Waals surface area contributed by atoms with Crippen molar-refractivity contribution in [2.24, 2.45) is 5.92 Å². The first-order valence-electron chi connectivity index (χ1n) is 21.7. The molecule has 2 aromatic heterocycles. The number of fused-ring (bicyclic) bond motifs is 1.